The molecular formula is C16H15F6N3O. The molecule has 1 unspecified atom stereocenters. The van der Waals surface area contributed by atoms with E-state index < -0.39 is 41.1 Å². The molecule has 1 aromatic heterocycles. The van der Waals surface area contributed by atoms with Crippen LogP contribution in [-0.4, -0.2) is 15.7 Å². The number of anilines is 1. The standard InChI is InChI=1S/C16H15F6N3O/c1-9(8-25-10(2)7-13(24-25)16(20,21)22)14(26)23-12-6-4-3-5-11(12)15(17,18)19/h3-7,9H,8H2,1-2H3,(H,23,26). The number of nitrogens with one attached hydrogen (secondary N) is 1. The smallest absolute Gasteiger partial charge is 0.325 e. The molecule has 1 heterocycles. The number of rotatable bonds is 4. The summed E-state index contributed by atoms with van der Waals surface area (Å²) in [5, 5.41) is 5.57. The van der Waals surface area contributed by atoms with Gasteiger partial charge in [0.1, 0.15) is 0 Å². The normalized spacial score (nSPS) is 13.5. The van der Waals surface area contributed by atoms with Crippen molar-refractivity contribution in [2.75, 3.05) is 5.32 Å². The third-order valence-electron chi connectivity index (χ3n) is 3.66. The second-order valence-corrected chi connectivity index (χ2v) is 5.78. The van der Waals surface area contributed by atoms with E-state index in [0.717, 1.165) is 22.9 Å². The Kier molecular flexibility index (Phi) is 5.33. The lowest BCUT2D eigenvalue weighted by Crippen LogP contribution is -2.26. The van der Waals surface area contributed by atoms with Crippen molar-refractivity contribution < 1.29 is 31.1 Å². The first kappa shape index (κ1) is 19.8. The molecule has 4 nitrogen and oxygen atoms in total. The van der Waals surface area contributed by atoms with Gasteiger partial charge in [-0.1, -0.05) is 19.1 Å². The molecule has 2 aromatic rings. The van der Waals surface area contributed by atoms with Gasteiger partial charge in [-0.2, -0.15) is 31.4 Å². The Bertz CT molecular complexity index is 794. The minimum atomic E-state index is -4.65. The third kappa shape index (κ3) is 4.55. The number of amides is 1. The van der Waals surface area contributed by atoms with E-state index in [1.807, 2.05) is 0 Å². The van der Waals surface area contributed by atoms with Gasteiger partial charge in [-0.25, -0.2) is 0 Å². The Morgan fingerprint density at radius 1 is 1.15 bits per heavy atom. The minimum Gasteiger partial charge on any atom is -0.325 e. The second kappa shape index (κ2) is 7.00. The average Bonchev–Trinajstić information content (AvgIpc) is 2.88. The summed E-state index contributed by atoms with van der Waals surface area (Å²) in [6.45, 7) is 2.58. The molecule has 1 atom stereocenters. The fraction of sp³-hybridized carbons (Fsp3) is 0.375. The fourth-order valence-corrected chi connectivity index (χ4v) is 2.27. The molecule has 10 heteroatoms. The third-order valence-corrected chi connectivity index (χ3v) is 3.66. The summed E-state index contributed by atoms with van der Waals surface area (Å²) in [5.41, 5.74) is -2.32. The van der Waals surface area contributed by atoms with Crippen molar-refractivity contribution in [2.24, 2.45) is 5.92 Å². The molecule has 0 aliphatic rings. The molecule has 0 fully saturated rings. The maximum absolute atomic E-state index is 12.9. The molecule has 0 radical (unpaired) electrons. The van der Waals surface area contributed by atoms with Crippen LogP contribution < -0.4 is 5.32 Å². The lowest BCUT2D eigenvalue weighted by Gasteiger charge is -2.17. The Morgan fingerprint density at radius 2 is 1.77 bits per heavy atom. The number of nitrogens with zero attached hydrogens (tertiary/aromatic N) is 2. The number of hydrogen-bond donors (Lipinski definition) is 1. The number of para-hydroxylation sites is 1. The van der Waals surface area contributed by atoms with Crippen LogP contribution >= 0.6 is 0 Å². The average molecular weight is 379 g/mol. The van der Waals surface area contributed by atoms with E-state index in [1.165, 1.54) is 26.0 Å². The zero-order valence-corrected chi connectivity index (χ0v) is 13.7. The highest BCUT2D eigenvalue weighted by molar-refractivity contribution is 5.93. The van der Waals surface area contributed by atoms with E-state index >= 15 is 0 Å². The molecule has 1 N–H and O–H groups in total. The zero-order chi connectivity index (χ0) is 19.7. The predicted octanol–water partition coefficient (Wildman–Crippen LogP) is 4.50. The van der Waals surface area contributed by atoms with Gasteiger partial charge >= 0.3 is 12.4 Å². The lowest BCUT2D eigenvalue weighted by atomic mass is 10.1. The number of carbonyl (C=O) groups excluding carboxylic acids is 1. The monoisotopic (exact) mass is 379 g/mol. The van der Waals surface area contributed by atoms with Crippen molar-refractivity contribution in [1.29, 1.82) is 0 Å². The van der Waals surface area contributed by atoms with Crippen LogP contribution in [0.15, 0.2) is 30.3 Å². The molecular weight excluding hydrogens is 364 g/mol. The highest BCUT2D eigenvalue weighted by atomic mass is 19.4. The summed E-state index contributed by atoms with van der Waals surface area (Å²) in [5.74, 6) is -1.67. The minimum absolute atomic E-state index is 0.188. The number of carbonyl (C=O) groups is 1. The van der Waals surface area contributed by atoms with Crippen molar-refractivity contribution in [2.45, 2.75) is 32.7 Å². The summed E-state index contributed by atoms with van der Waals surface area (Å²) >= 11 is 0. The predicted molar refractivity (Wildman–Crippen MR) is 81.2 cm³/mol. The van der Waals surface area contributed by atoms with Gasteiger partial charge in [0.15, 0.2) is 5.69 Å². The second-order valence-electron chi connectivity index (χ2n) is 5.78. The molecule has 1 amide bonds. The molecule has 0 aliphatic heterocycles. The van der Waals surface area contributed by atoms with Crippen LogP contribution in [-0.2, 0) is 23.7 Å². The SMILES string of the molecule is Cc1cc(C(F)(F)F)nn1CC(C)C(=O)Nc1ccccc1C(F)(F)F. The maximum atomic E-state index is 12.9. The highest BCUT2D eigenvalue weighted by Crippen LogP contribution is 2.34. The number of aryl methyl sites for hydroxylation is 1. The maximum Gasteiger partial charge on any atom is 0.435 e. The fourth-order valence-electron chi connectivity index (χ4n) is 2.27. The van der Waals surface area contributed by atoms with E-state index in [1.54, 1.807) is 0 Å². The van der Waals surface area contributed by atoms with Crippen LogP contribution in [0.1, 0.15) is 23.9 Å². The number of benzene rings is 1. The number of halogens is 6. The molecule has 0 spiro atoms. The molecule has 142 valence electrons. The van der Waals surface area contributed by atoms with Gasteiger partial charge in [-0.05, 0) is 25.1 Å². The molecule has 0 aliphatic carbocycles. The van der Waals surface area contributed by atoms with Gasteiger partial charge in [-0.15, -0.1) is 0 Å². The van der Waals surface area contributed by atoms with Crippen molar-refractivity contribution in [3.05, 3.63) is 47.3 Å². The first-order valence-corrected chi connectivity index (χ1v) is 7.48. The van der Waals surface area contributed by atoms with Crippen molar-refractivity contribution in [3.8, 4) is 0 Å². The summed E-state index contributed by atoms with van der Waals surface area (Å²) < 4.78 is 77.8. The summed E-state index contributed by atoms with van der Waals surface area (Å²) in [6.07, 6.45) is -9.26. The molecule has 0 saturated heterocycles. The summed E-state index contributed by atoms with van der Waals surface area (Å²) in [7, 11) is 0. The Morgan fingerprint density at radius 3 is 2.31 bits per heavy atom. The highest BCUT2D eigenvalue weighted by Gasteiger charge is 2.35. The van der Waals surface area contributed by atoms with Crippen molar-refractivity contribution in [1.82, 2.24) is 9.78 Å². The van der Waals surface area contributed by atoms with Gasteiger partial charge in [0.05, 0.1) is 23.7 Å². The van der Waals surface area contributed by atoms with E-state index in [4.69, 9.17) is 0 Å². The van der Waals surface area contributed by atoms with Crippen LogP contribution in [0.2, 0.25) is 0 Å². The zero-order valence-electron chi connectivity index (χ0n) is 13.7. The largest absolute Gasteiger partial charge is 0.435 e. The van der Waals surface area contributed by atoms with Crippen LogP contribution in [0, 0.1) is 12.8 Å². The topological polar surface area (TPSA) is 46.9 Å². The quantitative estimate of drug-likeness (QED) is 0.795. The van der Waals surface area contributed by atoms with Crippen LogP contribution in [0.25, 0.3) is 0 Å². The van der Waals surface area contributed by atoms with E-state index in [-0.39, 0.29) is 12.2 Å². The summed E-state index contributed by atoms with van der Waals surface area (Å²) in [4.78, 5) is 12.2. The summed E-state index contributed by atoms with van der Waals surface area (Å²) in [6, 6.07) is 5.29. The molecule has 0 saturated carbocycles. The van der Waals surface area contributed by atoms with Gasteiger partial charge in [0.25, 0.3) is 0 Å². The Balaban J connectivity index is 2.14. The lowest BCUT2D eigenvalue weighted by molar-refractivity contribution is -0.141. The van der Waals surface area contributed by atoms with E-state index in [9.17, 15) is 31.1 Å². The van der Waals surface area contributed by atoms with Gasteiger partial charge in [0, 0.05) is 5.69 Å². The molecule has 1 aromatic carbocycles. The Hall–Kier alpha value is -2.52. The van der Waals surface area contributed by atoms with Crippen LogP contribution in [0.3, 0.4) is 0 Å². The molecule has 26 heavy (non-hydrogen) atoms. The van der Waals surface area contributed by atoms with E-state index in [2.05, 4.69) is 10.4 Å². The first-order chi connectivity index (χ1) is 11.9. The van der Waals surface area contributed by atoms with Crippen LogP contribution in [0.5, 0.6) is 0 Å². The molecule has 0 bridgehead atoms. The number of aromatic nitrogens is 2. The van der Waals surface area contributed by atoms with Crippen molar-refractivity contribution in [3.63, 3.8) is 0 Å². The number of hydrogen-bond acceptors (Lipinski definition) is 2. The molecule has 2 rings (SSSR count). The van der Waals surface area contributed by atoms with Gasteiger partial charge < -0.3 is 5.32 Å². The first-order valence-electron chi connectivity index (χ1n) is 7.48. The number of alkyl halides is 6. The Labute approximate surface area is 144 Å². The van der Waals surface area contributed by atoms with Crippen molar-refractivity contribution >= 4 is 11.6 Å². The van der Waals surface area contributed by atoms with Crippen LogP contribution in [0.4, 0.5) is 32.0 Å². The van der Waals surface area contributed by atoms with Gasteiger partial charge in [0.2, 0.25) is 5.91 Å². The van der Waals surface area contributed by atoms with E-state index in [0.29, 0.717) is 0 Å². The van der Waals surface area contributed by atoms with Gasteiger partial charge in [-0.3, -0.25) is 9.48 Å².